The summed E-state index contributed by atoms with van der Waals surface area (Å²) in [6.07, 6.45) is 6.70. The summed E-state index contributed by atoms with van der Waals surface area (Å²) in [5.74, 6) is 1.68. The van der Waals surface area contributed by atoms with Crippen molar-refractivity contribution >= 4 is 22.7 Å². The van der Waals surface area contributed by atoms with Crippen LogP contribution >= 0.6 is 0 Å². The van der Waals surface area contributed by atoms with E-state index in [0.29, 0.717) is 17.8 Å². The van der Waals surface area contributed by atoms with Gasteiger partial charge >= 0.3 is 0 Å². The minimum Gasteiger partial charge on any atom is -0.396 e. The predicted octanol–water partition coefficient (Wildman–Crippen LogP) is 0.835. The molecule has 0 aromatic carbocycles. The Balaban J connectivity index is 1.88. The molecular formula is C14H18N6O. The molecule has 1 fully saturated rings. The Kier molecular flexibility index (Phi) is 2.65. The monoisotopic (exact) mass is 286 g/mol. The van der Waals surface area contributed by atoms with Crippen LogP contribution < -0.4 is 10.7 Å². The Labute approximate surface area is 122 Å². The van der Waals surface area contributed by atoms with Crippen molar-refractivity contribution < 1.29 is 5.11 Å². The van der Waals surface area contributed by atoms with Crippen LogP contribution in [0.15, 0.2) is 17.6 Å². The van der Waals surface area contributed by atoms with E-state index in [1.54, 1.807) is 11.3 Å². The van der Waals surface area contributed by atoms with Gasteiger partial charge in [-0.15, -0.1) is 0 Å². The van der Waals surface area contributed by atoms with Gasteiger partial charge in [-0.25, -0.2) is 15.0 Å². The molecule has 4 rings (SSSR count). The molecule has 7 nitrogen and oxygen atoms in total. The Morgan fingerprint density at radius 3 is 3.00 bits per heavy atom. The third kappa shape index (κ3) is 1.73. The smallest absolute Gasteiger partial charge is 0.162 e. The standard InChI is InChI=1S/C14H18N6O/c1-19-13-11-10(12(15)18-19)5-20(14(11)17-7-16-13)9-3-2-8(4-9)6-21/h5,7-9,21H,2-4,6H2,1H3,(H2,15,18)/t8-,9+/m1/s1. The fourth-order valence-electron chi connectivity index (χ4n) is 3.52. The molecule has 3 N–H and O–H groups in total. The summed E-state index contributed by atoms with van der Waals surface area (Å²) in [5, 5.41) is 16.3. The van der Waals surface area contributed by atoms with Crippen molar-refractivity contribution in [1.82, 2.24) is 14.5 Å². The summed E-state index contributed by atoms with van der Waals surface area (Å²) in [6, 6.07) is 0.359. The van der Waals surface area contributed by atoms with Crippen LogP contribution in [0.1, 0.15) is 30.9 Å². The second-order valence-electron chi connectivity index (χ2n) is 5.87. The lowest BCUT2D eigenvalue weighted by molar-refractivity contribution is 0.226. The molecule has 1 aliphatic heterocycles. The minimum absolute atomic E-state index is 0.259. The SMILES string of the molecule is CN1N=C(N)c2cn([C@H]3CC[C@@H](CO)C3)c3ncnc1c23. The number of aromatic nitrogens is 3. The molecule has 0 radical (unpaired) electrons. The van der Waals surface area contributed by atoms with E-state index in [4.69, 9.17) is 5.73 Å². The molecule has 0 unspecified atom stereocenters. The molecule has 1 aliphatic carbocycles. The number of nitrogens with zero attached hydrogens (tertiary/aromatic N) is 5. The van der Waals surface area contributed by atoms with Crippen molar-refractivity contribution in [3.05, 3.63) is 18.1 Å². The number of rotatable bonds is 2. The molecule has 7 heteroatoms. The molecule has 0 saturated heterocycles. The van der Waals surface area contributed by atoms with Crippen molar-refractivity contribution in [1.29, 1.82) is 0 Å². The van der Waals surface area contributed by atoms with Crippen molar-refractivity contribution in [2.75, 3.05) is 18.7 Å². The molecule has 1 saturated carbocycles. The normalized spacial score (nSPS) is 24.7. The molecule has 21 heavy (non-hydrogen) atoms. The van der Waals surface area contributed by atoms with Gasteiger partial charge in [0.2, 0.25) is 0 Å². The van der Waals surface area contributed by atoms with Gasteiger partial charge in [0.1, 0.15) is 12.0 Å². The van der Waals surface area contributed by atoms with Crippen LogP contribution in [-0.2, 0) is 0 Å². The summed E-state index contributed by atoms with van der Waals surface area (Å²) < 4.78 is 2.19. The number of aliphatic hydroxyl groups is 1. The number of hydrogen-bond donors (Lipinski definition) is 2. The van der Waals surface area contributed by atoms with E-state index in [9.17, 15) is 5.11 Å². The molecule has 2 aromatic rings. The molecule has 3 heterocycles. The van der Waals surface area contributed by atoms with E-state index in [-0.39, 0.29) is 6.61 Å². The van der Waals surface area contributed by atoms with Gasteiger partial charge in [-0.2, -0.15) is 5.10 Å². The summed E-state index contributed by atoms with van der Waals surface area (Å²) in [5.41, 5.74) is 7.87. The van der Waals surface area contributed by atoms with Gasteiger partial charge in [0.15, 0.2) is 11.7 Å². The van der Waals surface area contributed by atoms with E-state index in [1.165, 1.54) is 0 Å². The summed E-state index contributed by atoms with van der Waals surface area (Å²) in [4.78, 5) is 8.78. The van der Waals surface area contributed by atoms with Crippen molar-refractivity contribution in [3.63, 3.8) is 0 Å². The predicted molar refractivity (Wildman–Crippen MR) is 80.1 cm³/mol. The fraction of sp³-hybridized carbons (Fsp3) is 0.500. The van der Waals surface area contributed by atoms with Gasteiger partial charge in [0, 0.05) is 31.5 Å². The zero-order valence-corrected chi connectivity index (χ0v) is 11.9. The summed E-state index contributed by atoms with van der Waals surface area (Å²) >= 11 is 0. The first kappa shape index (κ1) is 12.6. The Morgan fingerprint density at radius 1 is 1.38 bits per heavy atom. The van der Waals surface area contributed by atoms with Crippen LogP contribution in [0.25, 0.3) is 11.0 Å². The molecule has 0 amide bonds. The Morgan fingerprint density at radius 2 is 2.24 bits per heavy atom. The first-order valence-electron chi connectivity index (χ1n) is 7.23. The van der Waals surface area contributed by atoms with Crippen molar-refractivity contribution in [2.45, 2.75) is 25.3 Å². The van der Waals surface area contributed by atoms with Gasteiger partial charge < -0.3 is 15.4 Å². The fourth-order valence-corrected chi connectivity index (χ4v) is 3.52. The first-order valence-corrected chi connectivity index (χ1v) is 7.23. The van der Waals surface area contributed by atoms with Gasteiger partial charge in [0.05, 0.1) is 5.39 Å². The lowest BCUT2D eigenvalue weighted by Gasteiger charge is -2.18. The summed E-state index contributed by atoms with van der Waals surface area (Å²) in [6.45, 7) is 0.259. The van der Waals surface area contributed by atoms with Gasteiger partial charge in [0.25, 0.3) is 0 Å². The van der Waals surface area contributed by atoms with Crippen LogP contribution in [0.3, 0.4) is 0 Å². The summed E-state index contributed by atoms with van der Waals surface area (Å²) in [7, 11) is 1.84. The highest BCUT2D eigenvalue weighted by atomic mass is 16.3. The minimum atomic E-state index is 0.259. The van der Waals surface area contributed by atoms with Crippen LogP contribution in [0.2, 0.25) is 0 Å². The lowest BCUT2D eigenvalue weighted by atomic mass is 10.1. The quantitative estimate of drug-likeness (QED) is 0.853. The molecule has 110 valence electrons. The average molecular weight is 286 g/mol. The number of anilines is 1. The topological polar surface area (TPSA) is 92.6 Å². The first-order chi connectivity index (χ1) is 10.2. The maximum Gasteiger partial charge on any atom is 0.162 e. The highest BCUT2D eigenvalue weighted by Crippen LogP contribution is 2.39. The third-order valence-electron chi connectivity index (χ3n) is 4.59. The van der Waals surface area contributed by atoms with Gasteiger partial charge in [-0.3, -0.25) is 0 Å². The largest absolute Gasteiger partial charge is 0.396 e. The maximum atomic E-state index is 9.35. The van der Waals surface area contributed by atoms with E-state index < -0.39 is 0 Å². The van der Waals surface area contributed by atoms with Crippen molar-refractivity contribution in [2.24, 2.45) is 16.8 Å². The van der Waals surface area contributed by atoms with E-state index >= 15 is 0 Å². The number of aliphatic hydroxyl groups excluding tert-OH is 1. The number of hydrazone groups is 1. The molecule has 2 aliphatic rings. The van der Waals surface area contributed by atoms with Crippen LogP contribution in [0.5, 0.6) is 0 Å². The van der Waals surface area contributed by atoms with E-state index in [1.807, 2.05) is 13.2 Å². The van der Waals surface area contributed by atoms with Crippen molar-refractivity contribution in [3.8, 4) is 0 Å². The van der Waals surface area contributed by atoms with Crippen LogP contribution in [-0.4, -0.2) is 39.1 Å². The average Bonchev–Trinajstić information content (AvgIpc) is 3.09. The maximum absolute atomic E-state index is 9.35. The molecule has 0 spiro atoms. The van der Waals surface area contributed by atoms with Gasteiger partial charge in [-0.1, -0.05) is 0 Å². The highest BCUT2D eigenvalue weighted by molar-refractivity contribution is 6.13. The number of nitrogens with two attached hydrogens (primary N) is 1. The molecule has 2 atom stereocenters. The zero-order chi connectivity index (χ0) is 14.6. The van der Waals surface area contributed by atoms with Gasteiger partial charge in [-0.05, 0) is 25.2 Å². The van der Waals surface area contributed by atoms with E-state index in [2.05, 4.69) is 19.6 Å². The van der Waals surface area contributed by atoms with Crippen LogP contribution in [0.4, 0.5) is 5.82 Å². The Bertz CT molecular complexity index is 736. The second-order valence-corrected chi connectivity index (χ2v) is 5.87. The van der Waals surface area contributed by atoms with E-state index in [0.717, 1.165) is 41.7 Å². The van der Waals surface area contributed by atoms with Crippen LogP contribution in [0, 0.1) is 5.92 Å². The third-order valence-corrected chi connectivity index (χ3v) is 4.59. The number of hydrogen-bond acceptors (Lipinski definition) is 6. The lowest BCUT2D eigenvalue weighted by Crippen LogP contribution is -2.25. The molecule has 2 aromatic heterocycles. The molecule has 0 bridgehead atoms. The Hall–Kier alpha value is -2.15. The molecular weight excluding hydrogens is 268 g/mol. The highest BCUT2D eigenvalue weighted by Gasteiger charge is 2.30. The number of amidine groups is 1. The zero-order valence-electron chi connectivity index (χ0n) is 11.9. The second kappa shape index (κ2) is 4.42.